The molecule has 2 heterocycles. The Labute approximate surface area is 152 Å². The molecule has 1 aromatic carbocycles. The Hall–Kier alpha value is -2.41. The highest BCUT2D eigenvalue weighted by Gasteiger charge is 2.40. The van der Waals surface area contributed by atoms with Crippen LogP contribution in [0, 0.1) is 5.92 Å². The number of rotatable bonds is 6. The van der Waals surface area contributed by atoms with Crippen molar-refractivity contribution >= 4 is 5.91 Å². The van der Waals surface area contributed by atoms with Gasteiger partial charge in [0.25, 0.3) is 5.91 Å². The van der Waals surface area contributed by atoms with Crippen LogP contribution in [0.2, 0.25) is 0 Å². The van der Waals surface area contributed by atoms with Crippen LogP contribution in [-0.4, -0.2) is 52.4 Å². The van der Waals surface area contributed by atoms with Gasteiger partial charge in [-0.25, -0.2) is 0 Å². The van der Waals surface area contributed by atoms with E-state index in [4.69, 9.17) is 9.26 Å². The first-order valence-corrected chi connectivity index (χ1v) is 9.16. The van der Waals surface area contributed by atoms with Crippen LogP contribution in [0.25, 0.3) is 0 Å². The topological polar surface area (TPSA) is 88.7 Å². The Morgan fingerprint density at radius 3 is 2.73 bits per heavy atom. The van der Waals surface area contributed by atoms with Crippen molar-refractivity contribution in [1.29, 1.82) is 0 Å². The van der Waals surface area contributed by atoms with Crippen molar-refractivity contribution in [2.24, 2.45) is 5.92 Å². The minimum absolute atomic E-state index is 0.0150. The molecule has 0 radical (unpaired) electrons. The number of hydrogen-bond acceptors (Lipinski definition) is 6. The molecule has 2 atom stereocenters. The van der Waals surface area contributed by atoms with E-state index in [1.165, 1.54) is 0 Å². The average Bonchev–Trinajstić information content (AvgIpc) is 3.24. The van der Waals surface area contributed by atoms with Crippen LogP contribution in [0.5, 0.6) is 5.75 Å². The Balaban J connectivity index is 1.47. The lowest BCUT2D eigenvalue weighted by Gasteiger charge is -2.16. The normalized spacial score (nSPS) is 22.6. The first-order valence-electron chi connectivity index (χ1n) is 9.16. The molecule has 7 nitrogen and oxygen atoms in total. The molecule has 1 N–H and O–H groups in total. The minimum Gasteiger partial charge on any atom is -0.494 e. The monoisotopic (exact) mass is 357 g/mol. The average molecular weight is 357 g/mol. The van der Waals surface area contributed by atoms with Crippen LogP contribution in [-0.2, 0) is 0 Å². The SMILES string of the molecule is CCOc1ccc(C(=O)N2CC(CO)C(c3nc(C4CC4)no3)C2)cc1. The molecule has 138 valence electrons. The molecule has 7 heteroatoms. The van der Waals surface area contributed by atoms with Gasteiger partial charge in [0.15, 0.2) is 5.82 Å². The fourth-order valence-corrected chi connectivity index (χ4v) is 3.45. The van der Waals surface area contributed by atoms with Gasteiger partial charge in [-0.1, -0.05) is 5.16 Å². The van der Waals surface area contributed by atoms with Crippen LogP contribution in [0.15, 0.2) is 28.8 Å². The Morgan fingerprint density at radius 2 is 2.08 bits per heavy atom. The van der Waals surface area contributed by atoms with Crippen molar-refractivity contribution in [3.05, 3.63) is 41.5 Å². The van der Waals surface area contributed by atoms with Crippen molar-refractivity contribution in [2.45, 2.75) is 31.6 Å². The van der Waals surface area contributed by atoms with E-state index in [1.54, 1.807) is 29.2 Å². The Morgan fingerprint density at radius 1 is 1.31 bits per heavy atom. The highest BCUT2D eigenvalue weighted by atomic mass is 16.5. The lowest BCUT2D eigenvalue weighted by Crippen LogP contribution is -2.29. The third-order valence-electron chi connectivity index (χ3n) is 5.09. The first kappa shape index (κ1) is 17.0. The van der Waals surface area contributed by atoms with Crippen LogP contribution in [0.4, 0.5) is 0 Å². The molecule has 2 fully saturated rings. The summed E-state index contributed by atoms with van der Waals surface area (Å²) >= 11 is 0. The third kappa shape index (κ3) is 3.31. The number of hydrogen-bond donors (Lipinski definition) is 1. The van der Waals surface area contributed by atoms with Crippen LogP contribution >= 0.6 is 0 Å². The van der Waals surface area contributed by atoms with Gasteiger partial charge in [0.05, 0.1) is 12.5 Å². The van der Waals surface area contributed by atoms with E-state index in [2.05, 4.69) is 10.1 Å². The lowest BCUT2D eigenvalue weighted by molar-refractivity contribution is 0.0781. The van der Waals surface area contributed by atoms with Gasteiger partial charge in [0, 0.05) is 37.1 Å². The summed E-state index contributed by atoms with van der Waals surface area (Å²) in [5.41, 5.74) is 0.606. The van der Waals surface area contributed by atoms with Gasteiger partial charge in [0.1, 0.15) is 5.75 Å². The summed E-state index contributed by atoms with van der Waals surface area (Å²) in [6.45, 7) is 3.45. The first-order chi connectivity index (χ1) is 12.7. The number of carbonyl (C=O) groups excluding carboxylic acids is 1. The maximum Gasteiger partial charge on any atom is 0.253 e. The summed E-state index contributed by atoms with van der Waals surface area (Å²) in [4.78, 5) is 19.1. The number of ether oxygens (including phenoxy) is 1. The highest BCUT2D eigenvalue weighted by molar-refractivity contribution is 5.94. The molecule has 1 saturated carbocycles. The number of benzene rings is 1. The maximum atomic E-state index is 12.8. The molecule has 26 heavy (non-hydrogen) atoms. The van der Waals surface area contributed by atoms with Gasteiger partial charge < -0.3 is 19.3 Å². The number of aliphatic hydroxyl groups is 1. The largest absolute Gasteiger partial charge is 0.494 e. The Kier molecular flexibility index (Phi) is 4.63. The number of aliphatic hydroxyl groups excluding tert-OH is 1. The van der Waals surface area contributed by atoms with Crippen LogP contribution < -0.4 is 4.74 Å². The number of carbonyl (C=O) groups is 1. The third-order valence-corrected chi connectivity index (χ3v) is 5.09. The fraction of sp³-hybridized carbons (Fsp3) is 0.526. The summed E-state index contributed by atoms with van der Waals surface area (Å²) in [7, 11) is 0. The molecular formula is C19H23N3O4. The van der Waals surface area contributed by atoms with Gasteiger partial charge in [0.2, 0.25) is 5.89 Å². The van der Waals surface area contributed by atoms with Gasteiger partial charge in [-0.3, -0.25) is 4.79 Å². The molecule has 1 aliphatic carbocycles. The van der Waals surface area contributed by atoms with E-state index in [9.17, 15) is 9.90 Å². The van der Waals surface area contributed by atoms with Gasteiger partial charge >= 0.3 is 0 Å². The highest BCUT2D eigenvalue weighted by Crippen LogP contribution is 2.40. The summed E-state index contributed by atoms with van der Waals surface area (Å²) in [5.74, 6) is 2.19. The van der Waals surface area contributed by atoms with Crippen molar-refractivity contribution in [2.75, 3.05) is 26.3 Å². The van der Waals surface area contributed by atoms with E-state index < -0.39 is 0 Å². The number of aromatic nitrogens is 2. The van der Waals surface area contributed by atoms with E-state index in [0.29, 0.717) is 37.1 Å². The minimum atomic E-state index is -0.119. The zero-order valence-corrected chi connectivity index (χ0v) is 14.8. The lowest BCUT2D eigenvalue weighted by atomic mass is 9.97. The van der Waals surface area contributed by atoms with Crippen molar-refractivity contribution in [3.8, 4) is 5.75 Å². The molecule has 2 unspecified atom stereocenters. The molecule has 0 bridgehead atoms. The van der Waals surface area contributed by atoms with Crippen molar-refractivity contribution < 1.29 is 19.2 Å². The fourth-order valence-electron chi connectivity index (χ4n) is 3.45. The molecular weight excluding hydrogens is 334 g/mol. The summed E-state index contributed by atoms with van der Waals surface area (Å²) in [6.07, 6.45) is 2.21. The molecule has 2 aliphatic rings. The molecule has 1 amide bonds. The maximum absolute atomic E-state index is 12.8. The summed E-state index contributed by atoms with van der Waals surface area (Å²) in [6, 6.07) is 7.14. The molecule has 1 aromatic heterocycles. The molecule has 1 aliphatic heterocycles. The second kappa shape index (κ2) is 7.07. The van der Waals surface area contributed by atoms with Gasteiger partial charge in [-0.15, -0.1) is 0 Å². The predicted molar refractivity (Wildman–Crippen MR) is 93.1 cm³/mol. The van der Waals surface area contributed by atoms with Crippen LogP contribution in [0.1, 0.15) is 53.7 Å². The van der Waals surface area contributed by atoms with Crippen molar-refractivity contribution in [3.63, 3.8) is 0 Å². The smallest absolute Gasteiger partial charge is 0.253 e. The number of likely N-dealkylation sites (tertiary alicyclic amines) is 1. The van der Waals surface area contributed by atoms with Crippen LogP contribution in [0.3, 0.4) is 0 Å². The second-order valence-corrected chi connectivity index (χ2v) is 6.98. The van der Waals surface area contributed by atoms with E-state index >= 15 is 0 Å². The molecule has 4 rings (SSSR count). The molecule has 2 aromatic rings. The van der Waals surface area contributed by atoms with Crippen molar-refractivity contribution in [1.82, 2.24) is 15.0 Å². The quantitative estimate of drug-likeness (QED) is 0.852. The molecule has 0 spiro atoms. The summed E-state index contributed by atoms with van der Waals surface area (Å²) in [5, 5.41) is 13.8. The zero-order chi connectivity index (χ0) is 18.1. The van der Waals surface area contributed by atoms with E-state index in [0.717, 1.165) is 24.4 Å². The second-order valence-electron chi connectivity index (χ2n) is 6.98. The van der Waals surface area contributed by atoms with E-state index in [-0.39, 0.29) is 24.3 Å². The number of amides is 1. The zero-order valence-electron chi connectivity index (χ0n) is 14.8. The summed E-state index contributed by atoms with van der Waals surface area (Å²) < 4.78 is 10.8. The molecule has 1 saturated heterocycles. The number of nitrogens with zero attached hydrogens (tertiary/aromatic N) is 3. The van der Waals surface area contributed by atoms with Gasteiger partial charge in [-0.05, 0) is 44.0 Å². The predicted octanol–water partition coefficient (Wildman–Crippen LogP) is 2.19. The van der Waals surface area contributed by atoms with E-state index in [1.807, 2.05) is 6.92 Å². The van der Waals surface area contributed by atoms with Gasteiger partial charge in [-0.2, -0.15) is 4.98 Å². The Bertz CT molecular complexity index is 769. The standard InChI is InChI=1S/C19H23N3O4/c1-2-25-15-7-5-13(6-8-15)19(24)22-9-14(11-23)16(10-22)18-20-17(21-26-18)12-3-4-12/h5-8,12,14,16,23H,2-4,9-11H2,1H3.